The molecule has 4 rings (SSSR count). The van der Waals surface area contributed by atoms with Crippen LogP contribution in [0.2, 0.25) is 0 Å². The monoisotopic (exact) mass is 463 g/mol. The van der Waals surface area contributed by atoms with Crippen LogP contribution in [0.1, 0.15) is 57.4 Å². The summed E-state index contributed by atoms with van der Waals surface area (Å²) >= 11 is 0. The number of hydrogen-bond acceptors (Lipinski definition) is 5. The van der Waals surface area contributed by atoms with E-state index >= 15 is 0 Å². The molecule has 1 aromatic carbocycles. The molecule has 1 saturated heterocycles. The summed E-state index contributed by atoms with van der Waals surface area (Å²) < 4.78 is 32.8. The van der Waals surface area contributed by atoms with Gasteiger partial charge in [-0.25, -0.2) is 8.42 Å². The number of carbonyl (C=O) groups excluding carboxylic acids is 2. The molecule has 32 heavy (non-hydrogen) atoms. The van der Waals surface area contributed by atoms with Crippen molar-refractivity contribution in [1.29, 1.82) is 0 Å². The van der Waals surface area contributed by atoms with E-state index in [4.69, 9.17) is 4.74 Å². The van der Waals surface area contributed by atoms with Crippen LogP contribution in [-0.4, -0.2) is 62.9 Å². The van der Waals surface area contributed by atoms with Crippen molar-refractivity contribution in [1.82, 2.24) is 9.62 Å². The van der Waals surface area contributed by atoms with Gasteiger partial charge in [0.2, 0.25) is 21.8 Å². The lowest BCUT2D eigenvalue weighted by atomic mass is 9.96. The Bertz CT molecular complexity index is 950. The van der Waals surface area contributed by atoms with Gasteiger partial charge >= 0.3 is 0 Å². The van der Waals surface area contributed by atoms with Crippen LogP contribution in [0.3, 0.4) is 0 Å². The molecule has 2 fully saturated rings. The lowest BCUT2D eigenvalue weighted by Crippen LogP contribution is -2.50. The third-order valence-corrected chi connectivity index (χ3v) is 8.63. The van der Waals surface area contributed by atoms with Crippen LogP contribution >= 0.6 is 0 Å². The highest BCUT2D eigenvalue weighted by atomic mass is 32.2. The van der Waals surface area contributed by atoms with Crippen molar-refractivity contribution in [2.75, 3.05) is 31.2 Å². The van der Waals surface area contributed by atoms with Crippen LogP contribution in [0.4, 0.5) is 5.69 Å². The van der Waals surface area contributed by atoms with Gasteiger partial charge in [-0.3, -0.25) is 14.5 Å². The summed E-state index contributed by atoms with van der Waals surface area (Å²) in [5.74, 6) is -0.370. The molecule has 2 amide bonds. The molecule has 0 radical (unpaired) electrons. The summed E-state index contributed by atoms with van der Waals surface area (Å²) in [6.45, 7) is 2.86. The molecule has 1 saturated carbocycles. The minimum Gasteiger partial charge on any atom is -0.379 e. The average Bonchev–Trinajstić information content (AvgIpc) is 3.15. The molecule has 0 aromatic heterocycles. The number of ether oxygens (including phenoxy) is 1. The molecular formula is C23H33N3O5S. The molecule has 1 aliphatic carbocycles. The summed E-state index contributed by atoms with van der Waals surface area (Å²) in [6, 6.07) is 4.31. The number of morpholine rings is 1. The van der Waals surface area contributed by atoms with Gasteiger partial charge in [-0.15, -0.1) is 0 Å². The quantitative estimate of drug-likeness (QED) is 0.739. The van der Waals surface area contributed by atoms with Gasteiger partial charge in [0.25, 0.3) is 0 Å². The predicted molar refractivity (Wildman–Crippen MR) is 121 cm³/mol. The van der Waals surface area contributed by atoms with Gasteiger partial charge in [0.05, 0.1) is 18.1 Å². The van der Waals surface area contributed by atoms with Crippen LogP contribution < -0.4 is 10.2 Å². The lowest BCUT2D eigenvalue weighted by molar-refractivity contribution is -0.126. The third-order valence-electron chi connectivity index (χ3n) is 6.74. The fourth-order valence-electron chi connectivity index (χ4n) is 5.02. The predicted octanol–water partition coefficient (Wildman–Crippen LogP) is 2.21. The van der Waals surface area contributed by atoms with Crippen LogP contribution in [0, 0.1) is 0 Å². The Hall–Kier alpha value is -1.97. The van der Waals surface area contributed by atoms with Gasteiger partial charge in [-0.1, -0.05) is 32.1 Å². The van der Waals surface area contributed by atoms with E-state index in [1.165, 1.54) is 41.5 Å². The van der Waals surface area contributed by atoms with Crippen molar-refractivity contribution in [2.24, 2.45) is 0 Å². The van der Waals surface area contributed by atoms with Crippen LogP contribution in [0.15, 0.2) is 23.1 Å². The van der Waals surface area contributed by atoms with Gasteiger partial charge < -0.3 is 10.1 Å². The van der Waals surface area contributed by atoms with Crippen molar-refractivity contribution in [3.05, 3.63) is 23.8 Å². The second-order valence-electron chi connectivity index (χ2n) is 8.97. The second-order valence-corrected chi connectivity index (χ2v) is 10.9. The molecule has 2 aliphatic heterocycles. The first kappa shape index (κ1) is 23.2. The number of rotatable bonds is 4. The first-order valence-electron chi connectivity index (χ1n) is 11.7. The summed E-state index contributed by atoms with van der Waals surface area (Å²) in [4.78, 5) is 27.3. The Morgan fingerprint density at radius 3 is 2.34 bits per heavy atom. The zero-order chi connectivity index (χ0) is 22.7. The minimum atomic E-state index is -3.64. The fraction of sp³-hybridized carbons (Fsp3) is 0.652. The third kappa shape index (κ3) is 4.84. The molecule has 1 atom stereocenters. The first-order valence-corrected chi connectivity index (χ1v) is 13.1. The van der Waals surface area contributed by atoms with Gasteiger partial charge in [0.1, 0.15) is 6.04 Å². The van der Waals surface area contributed by atoms with E-state index in [0.717, 1.165) is 25.7 Å². The zero-order valence-corrected chi connectivity index (χ0v) is 19.5. The highest BCUT2D eigenvalue weighted by Crippen LogP contribution is 2.35. The highest BCUT2D eigenvalue weighted by molar-refractivity contribution is 7.89. The molecular weight excluding hydrogens is 430 g/mol. The van der Waals surface area contributed by atoms with E-state index < -0.39 is 16.1 Å². The number of benzene rings is 1. The van der Waals surface area contributed by atoms with Crippen molar-refractivity contribution < 1.29 is 22.7 Å². The Labute approximate surface area is 190 Å². The SMILES string of the molecule is CC(=O)N1c2ccc(S(=O)(=O)N3CCOCC3)cc2C[C@@H]1C(=O)NC1CCCCCCC1. The summed E-state index contributed by atoms with van der Waals surface area (Å²) in [5.41, 5.74) is 1.34. The number of hydrogen-bond donors (Lipinski definition) is 1. The first-order chi connectivity index (χ1) is 15.4. The minimum absolute atomic E-state index is 0.137. The number of fused-ring (bicyclic) bond motifs is 1. The number of nitrogens with one attached hydrogen (secondary N) is 1. The van der Waals surface area contributed by atoms with Crippen LogP contribution in [0.25, 0.3) is 0 Å². The number of sulfonamides is 1. The van der Waals surface area contributed by atoms with E-state index in [1.54, 1.807) is 12.1 Å². The van der Waals surface area contributed by atoms with E-state index in [1.807, 2.05) is 0 Å². The molecule has 1 N–H and O–H groups in total. The van der Waals surface area contributed by atoms with E-state index in [2.05, 4.69) is 5.32 Å². The molecule has 9 heteroatoms. The Balaban J connectivity index is 1.53. The molecule has 1 aromatic rings. The number of carbonyl (C=O) groups is 2. The molecule has 0 spiro atoms. The van der Waals surface area contributed by atoms with Crippen LogP contribution in [-0.2, 0) is 30.8 Å². The van der Waals surface area contributed by atoms with Crippen molar-refractivity contribution in [3.8, 4) is 0 Å². The molecule has 0 bridgehead atoms. The van der Waals surface area contributed by atoms with Gasteiger partial charge in [0.15, 0.2) is 0 Å². The van der Waals surface area contributed by atoms with Crippen molar-refractivity contribution in [2.45, 2.75) is 75.3 Å². The van der Waals surface area contributed by atoms with E-state index in [-0.39, 0.29) is 22.8 Å². The Morgan fingerprint density at radius 1 is 1.03 bits per heavy atom. The Morgan fingerprint density at radius 2 is 1.69 bits per heavy atom. The molecule has 8 nitrogen and oxygen atoms in total. The second kappa shape index (κ2) is 9.89. The van der Waals surface area contributed by atoms with Gasteiger partial charge in [0, 0.05) is 38.2 Å². The molecule has 3 aliphatic rings. The van der Waals surface area contributed by atoms with E-state index in [9.17, 15) is 18.0 Å². The molecule has 0 unspecified atom stereocenters. The topological polar surface area (TPSA) is 96.0 Å². The summed E-state index contributed by atoms with van der Waals surface area (Å²) in [6.07, 6.45) is 8.11. The van der Waals surface area contributed by atoms with Crippen molar-refractivity contribution >= 4 is 27.5 Å². The zero-order valence-electron chi connectivity index (χ0n) is 18.7. The summed E-state index contributed by atoms with van der Waals surface area (Å²) in [7, 11) is -3.64. The maximum absolute atomic E-state index is 13.2. The average molecular weight is 464 g/mol. The fourth-order valence-corrected chi connectivity index (χ4v) is 6.48. The van der Waals surface area contributed by atoms with E-state index in [0.29, 0.717) is 44.0 Å². The Kier molecular flexibility index (Phi) is 7.17. The van der Waals surface area contributed by atoms with Crippen molar-refractivity contribution in [3.63, 3.8) is 0 Å². The summed E-state index contributed by atoms with van der Waals surface area (Å²) in [5, 5.41) is 3.17. The highest BCUT2D eigenvalue weighted by Gasteiger charge is 2.38. The maximum atomic E-state index is 13.2. The largest absolute Gasteiger partial charge is 0.379 e. The normalized spacial score (nSPS) is 23.3. The van der Waals surface area contributed by atoms with Gasteiger partial charge in [-0.2, -0.15) is 4.31 Å². The maximum Gasteiger partial charge on any atom is 0.243 e. The van der Waals surface area contributed by atoms with Gasteiger partial charge in [-0.05, 0) is 36.6 Å². The number of amides is 2. The number of anilines is 1. The molecule has 176 valence electrons. The standard InChI is InChI=1S/C23H33N3O5S/c1-17(27)26-21-10-9-20(32(29,30)25-11-13-31-14-12-25)15-18(21)16-22(26)23(28)24-19-7-5-3-2-4-6-8-19/h9-10,15,19,22H,2-8,11-14,16H2,1H3,(H,24,28)/t22-/m1/s1. The molecule has 2 heterocycles. The lowest BCUT2D eigenvalue weighted by Gasteiger charge is -2.27. The van der Waals surface area contributed by atoms with Crippen LogP contribution in [0.5, 0.6) is 0 Å². The smallest absolute Gasteiger partial charge is 0.243 e. The number of nitrogens with zero attached hydrogens (tertiary/aromatic N) is 2.